The number of nitrogens with zero attached hydrogens (tertiary/aromatic N) is 1. The summed E-state index contributed by atoms with van der Waals surface area (Å²) in [5.74, 6) is 1.17. The van der Waals surface area contributed by atoms with Crippen molar-refractivity contribution in [1.82, 2.24) is 10.2 Å². The highest BCUT2D eigenvalue weighted by molar-refractivity contribution is 5.81. The van der Waals surface area contributed by atoms with Crippen LogP contribution in [0.1, 0.15) is 40.0 Å². The van der Waals surface area contributed by atoms with Gasteiger partial charge in [0, 0.05) is 13.1 Å². The lowest BCUT2D eigenvalue weighted by Crippen LogP contribution is -2.45. The summed E-state index contributed by atoms with van der Waals surface area (Å²) in [6.45, 7) is 8.62. The van der Waals surface area contributed by atoms with E-state index >= 15 is 0 Å². The van der Waals surface area contributed by atoms with Crippen molar-refractivity contribution < 1.29 is 4.79 Å². The average Bonchev–Trinajstić information content (AvgIpc) is 3.03. The second kappa shape index (κ2) is 6.11. The Hall–Kier alpha value is -0.570. The van der Waals surface area contributed by atoms with Gasteiger partial charge in [-0.15, -0.1) is 0 Å². The Balaban J connectivity index is 2.17. The van der Waals surface area contributed by atoms with Gasteiger partial charge in [-0.1, -0.05) is 12.8 Å². The summed E-state index contributed by atoms with van der Waals surface area (Å²) >= 11 is 0. The molecular weight excluding hydrogens is 188 g/mol. The summed E-state index contributed by atoms with van der Waals surface area (Å²) in [6, 6.07) is -0.0244. The first-order chi connectivity index (χ1) is 7.19. The number of amides is 1. The highest BCUT2D eigenvalue weighted by atomic mass is 16.2. The fourth-order valence-electron chi connectivity index (χ4n) is 1.81. The van der Waals surface area contributed by atoms with Crippen LogP contribution in [0.25, 0.3) is 0 Å². The zero-order valence-electron chi connectivity index (χ0n) is 10.3. The van der Waals surface area contributed by atoms with Crippen molar-refractivity contribution in [2.45, 2.75) is 46.1 Å². The van der Waals surface area contributed by atoms with E-state index in [9.17, 15) is 4.79 Å². The smallest absolute Gasteiger partial charge is 0.239 e. The summed E-state index contributed by atoms with van der Waals surface area (Å²) in [7, 11) is 0. The van der Waals surface area contributed by atoms with Crippen molar-refractivity contribution in [2.75, 3.05) is 19.6 Å². The molecule has 15 heavy (non-hydrogen) atoms. The van der Waals surface area contributed by atoms with E-state index in [-0.39, 0.29) is 11.9 Å². The van der Waals surface area contributed by atoms with Crippen LogP contribution >= 0.6 is 0 Å². The number of likely N-dealkylation sites (N-methyl/N-ethyl adjacent to an activating group) is 1. The molecule has 1 N–H and O–H groups in total. The van der Waals surface area contributed by atoms with Gasteiger partial charge < -0.3 is 10.2 Å². The van der Waals surface area contributed by atoms with Gasteiger partial charge in [0.1, 0.15) is 0 Å². The number of hydrogen-bond donors (Lipinski definition) is 1. The van der Waals surface area contributed by atoms with Crippen molar-refractivity contribution >= 4 is 5.91 Å². The molecule has 0 heterocycles. The molecule has 1 atom stereocenters. The monoisotopic (exact) mass is 212 g/mol. The number of nitrogens with one attached hydrogen (secondary N) is 1. The molecule has 0 saturated heterocycles. The first kappa shape index (κ1) is 12.5. The minimum absolute atomic E-state index is 0.0244. The van der Waals surface area contributed by atoms with Crippen LogP contribution in [0.15, 0.2) is 0 Å². The Morgan fingerprint density at radius 1 is 1.40 bits per heavy atom. The van der Waals surface area contributed by atoms with Crippen molar-refractivity contribution in [1.29, 1.82) is 0 Å². The number of carbonyl (C=O) groups excluding carboxylic acids is 1. The van der Waals surface area contributed by atoms with E-state index in [4.69, 9.17) is 0 Å². The lowest BCUT2D eigenvalue weighted by atomic mass is 10.2. The van der Waals surface area contributed by atoms with Gasteiger partial charge >= 0.3 is 0 Å². The summed E-state index contributed by atoms with van der Waals surface area (Å²) < 4.78 is 0. The lowest BCUT2D eigenvalue weighted by molar-refractivity contribution is -0.132. The predicted molar refractivity (Wildman–Crippen MR) is 62.7 cm³/mol. The molecule has 1 unspecified atom stereocenters. The van der Waals surface area contributed by atoms with Crippen LogP contribution in [0.5, 0.6) is 0 Å². The molecule has 0 aliphatic heterocycles. The number of carbonyl (C=O) groups is 1. The highest BCUT2D eigenvalue weighted by Crippen LogP contribution is 2.31. The molecule has 0 bridgehead atoms. The van der Waals surface area contributed by atoms with Crippen molar-refractivity contribution in [3.8, 4) is 0 Å². The third-order valence-electron chi connectivity index (χ3n) is 3.15. The van der Waals surface area contributed by atoms with Crippen LogP contribution in [0.3, 0.4) is 0 Å². The summed E-state index contributed by atoms with van der Waals surface area (Å²) in [6.07, 6.45) is 4.01. The van der Waals surface area contributed by atoms with Gasteiger partial charge in [0.25, 0.3) is 0 Å². The normalized spacial score (nSPS) is 17.5. The van der Waals surface area contributed by atoms with Crippen LogP contribution in [-0.2, 0) is 4.79 Å². The standard InChI is InChI=1S/C12H24N2O/c1-4-14(5-2)12(15)10(3)13-9-8-11-6-7-11/h10-11,13H,4-9H2,1-3H3. The fourth-order valence-corrected chi connectivity index (χ4v) is 1.81. The van der Waals surface area contributed by atoms with Crippen LogP contribution in [-0.4, -0.2) is 36.5 Å². The van der Waals surface area contributed by atoms with Gasteiger partial charge in [-0.2, -0.15) is 0 Å². The molecule has 1 fully saturated rings. The maximum atomic E-state index is 11.9. The van der Waals surface area contributed by atoms with Crippen LogP contribution in [0.4, 0.5) is 0 Å². The Bertz CT molecular complexity index is 198. The van der Waals surface area contributed by atoms with Gasteiger partial charge in [-0.25, -0.2) is 0 Å². The molecule has 1 aliphatic rings. The summed E-state index contributed by atoms with van der Waals surface area (Å²) in [4.78, 5) is 13.7. The SMILES string of the molecule is CCN(CC)C(=O)C(C)NCCC1CC1. The molecule has 1 aliphatic carbocycles. The quantitative estimate of drug-likeness (QED) is 0.695. The van der Waals surface area contributed by atoms with Gasteiger partial charge in [0.15, 0.2) is 0 Å². The molecule has 1 saturated carbocycles. The molecule has 88 valence electrons. The molecule has 0 aromatic rings. The van der Waals surface area contributed by atoms with E-state index < -0.39 is 0 Å². The molecule has 3 nitrogen and oxygen atoms in total. The van der Waals surface area contributed by atoms with E-state index in [1.807, 2.05) is 25.7 Å². The van der Waals surface area contributed by atoms with Crippen LogP contribution < -0.4 is 5.32 Å². The van der Waals surface area contributed by atoms with E-state index in [1.54, 1.807) is 0 Å². The molecule has 1 rings (SSSR count). The maximum Gasteiger partial charge on any atom is 0.239 e. The van der Waals surface area contributed by atoms with Crippen LogP contribution in [0, 0.1) is 5.92 Å². The molecule has 1 amide bonds. The molecule has 0 spiro atoms. The first-order valence-corrected chi connectivity index (χ1v) is 6.21. The Kier molecular flexibility index (Phi) is 5.09. The second-order valence-electron chi connectivity index (χ2n) is 4.42. The van der Waals surface area contributed by atoms with Crippen molar-refractivity contribution in [2.24, 2.45) is 5.92 Å². The largest absolute Gasteiger partial charge is 0.342 e. The summed E-state index contributed by atoms with van der Waals surface area (Å²) in [5.41, 5.74) is 0. The lowest BCUT2D eigenvalue weighted by Gasteiger charge is -2.23. The van der Waals surface area contributed by atoms with Crippen molar-refractivity contribution in [3.63, 3.8) is 0 Å². The molecule has 0 radical (unpaired) electrons. The topological polar surface area (TPSA) is 32.3 Å². The van der Waals surface area contributed by atoms with Crippen molar-refractivity contribution in [3.05, 3.63) is 0 Å². The van der Waals surface area contributed by atoms with Gasteiger partial charge in [-0.05, 0) is 39.7 Å². The summed E-state index contributed by atoms with van der Waals surface area (Å²) in [5, 5.41) is 3.31. The third-order valence-corrected chi connectivity index (χ3v) is 3.15. The molecule has 3 heteroatoms. The Morgan fingerprint density at radius 3 is 2.47 bits per heavy atom. The third kappa shape index (κ3) is 4.20. The molecule has 0 aromatic carbocycles. The zero-order chi connectivity index (χ0) is 11.3. The van der Waals surface area contributed by atoms with E-state index in [1.165, 1.54) is 19.3 Å². The zero-order valence-corrected chi connectivity index (χ0v) is 10.3. The molecular formula is C12H24N2O. The Morgan fingerprint density at radius 2 is 2.00 bits per heavy atom. The van der Waals surface area contributed by atoms with E-state index in [0.29, 0.717) is 0 Å². The van der Waals surface area contributed by atoms with E-state index in [0.717, 1.165) is 25.6 Å². The maximum absolute atomic E-state index is 11.9. The Labute approximate surface area is 93.2 Å². The van der Waals surface area contributed by atoms with Gasteiger partial charge in [-0.3, -0.25) is 4.79 Å². The first-order valence-electron chi connectivity index (χ1n) is 6.21. The minimum Gasteiger partial charge on any atom is -0.342 e. The fraction of sp³-hybridized carbons (Fsp3) is 0.917. The van der Waals surface area contributed by atoms with E-state index in [2.05, 4.69) is 5.32 Å². The minimum atomic E-state index is -0.0244. The van der Waals surface area contributed by atoms with Crippen LogP contribution in [0.2, 0.25) is 0 Å². The number of rotatable bonds is 7. The second-order valence-corrected chi connectivity index (χ2v) is 4.42. The average molecular weight is 212 g/mol. The highest BCUT2D eigenvalue weighted by Gasteiger charge is 2.22. The van der Waals surface area contributed by atoms with Gasteiger partial charge in [0.05, 0.1) is 6.04 Å². The predicted octanol–water partition coefficient (Wildman–Crippen LogP) is 1.63. The number of hydrogen-bond acceptors (Lipinski definition) is 2. The van der Waals surface area contributed by atoms with Gasteiger partial charge in [0.2, 0.25) is 5.91 Å². The molecule has 0 aromatic heterocycles.